The molecule has 128 valence electrons. The van der Waals surface area contributed by atoms with E-state index in [0.29, 0.717) is 30.2 Å². The monoisotopic (exact) mass is 385 g/mol. The van der Waals surface area contributed by atoms with E-state index in [1.807, 2.05) is 4.68 Å². The average Bonchev–Trinajstić information content (AvgIpc) is 3.11. The van der Waals surface area contributed by atoms with Crippen LogP contribution in [0.25, 0.3) is 0 Å². The van der Waals surface area contributed by atoms with Gasteiger partial charge in [-0.1, -0.05) is 23.2 Å². The summed E-state index contributed by atoms with van der Waals surface area (Å²) in [5.41, 5.74) is 4.08. The molecule has 0 saturated heterocycles. The SMILES string of the molecule is Cc1cc(S(=O)(=O)N2CCn3nc4c(c3C2)CCC4)c(Cl)cc1Cl. The Morgan fingerprint density at radius 2 is 1.92 bits per heavy atom. The second-order valence-corrected chi connectivity index (χ2v) is 9.04. The molecule has 0 fully saturated rings. The zero-order chi connectivity index (χ0) is 17.1. The molecule has 1 aromatic heterocycles. The van der Waals surface area contributed by atoms with E-state index in [2.05, 4.69) is 5.10 Å². The van der Waals surface area contributed by atoms with Crippen LogP contribution in [0.2, 0.25) is 10.0 Å². The lowest BCUT2D eigenvalue weighted by Crippen LogP contribution is -2.38. The Bertz CT molecular complexity index is 937. The molecule has 8 heteroatoms. The molecule has 4 rings (SSSR count). The normalized spacial score (nSPS) is 17.8. The van der Waals surface area contributed by atoms with Crippen molar-refractivity contribution in [2.45, 2.75) is 44.2 Å². The summed E-state index contributed by atoms with van der Waals surface area (Å²) in [6, 6.07) is 3.05. The summed E-state index contributed by atoms with van der Waals surface area (Å²) in [7, 11) is -3.67. The van der Waals surface area contributed by atoms with E-state index < -0.39 is 10.0 Å². The van der Waals surface area contributed by atoms with Gasteiger partial charge in [-0.2, -0.15) is 9.40 Å². The molecule has 24 heavy (non-hydrogen) atoms. The molecular weight excluding hydrogens is 369 g/mol. The van der Waals surface area contributed by atoms with Gasteiger partial charge in [0.05, 0.1) is 29.5 Å². The molecule has 0 bridgehead atoms. The highest BCUT2D eigenvalue weighted by Crippen LogP contribution is 2.33. The maximum Gasteiger partial charge on any atom is 0.244 e. The molecular formula is C16H17Cl2N3O2S. The van der Waals surface area contributed by atoms with Gasteiger partial charge in [0.15, 0.2) is 0 Å². The maximum atomic E-state index is 13.1. The van der Waals surface area contributed by atoms with Gasteiger partial charge in [-0.25, -0.2) is 8.42 Å². The van der Waals surface area contributed by atoms with Crippen LogP contribution < -0.4 is 0 Å². The summed E-state index contributed by atoms with van der Waals surface area (Å²) in [6.07, 6.45) is 3.07. The summed E-state index contributed by atoms with van der Waals surface area (Å²) >= 11 is 12.2. The molecule has 0 radical (unpaired) electrons. The Morgan fingerprint density at radius 1 is 1.12 bits per heavy atom. The van der Waals surface area contributed by atoms with Gasteiger partial charge in [-0.05, 0) is 49.4 Å². The van der Waals surface area contributed by atoms with Crippen LogP contribution in [0, 0.1) is 6.92 Å². The minimum atomic E-state index is -3.67. The van der Waals surface area contributed by atoms with Gasteiger partial charge in [0.1, 0.15) is 4.90 Å². The lowest BCUT2D eigenvalue weighted by molar-refractivity contribution is 0.324. The van der Waals surface area contributed by atoms with Crippen LogP contribution in [0.5, 0.6) is 0 Å². The quantitative estimate of drug-likeness (QED) is 0.797. The van der Waals surface area contributed by atoms with Crippen molar-refractivity contribution in [3.8, 4) is 0 Å². The highest BCUT2D eigenvalue weighted by atomic mass is 35.5. The summed E-state index contributed by atoms with van der Waals surface area (Å²) in [4.78, 5) is 0.121. The first kappa shape index (κ1) is 16.4. The van der Waals surface area contributed by atoms with Crippen molar-refractivity contribution >= 4 is 33.2 Å². The fraction of sp³-hybridized carbons (Fsp3) is 0.438. The van der Waals surface area contributed by atoms with Crippen LogP contribution in [0.4, 0.5) is 0 Å². The highest BCUT2D eigenvalue weighted by molar-refractivity contribution is 7.89. The average molecular weight is 386 g/mol. The molecule has 0 amide bonds. The molecule has 2 aliphatic rings. The van der Waals surface area contributed by atoms with Gasteiger partial charge in [0.25, 0.3) is 0 Å². The smallest absolute Gasteiger partial charge is 0.244 e. The van der Waals surface area contributed by atoms with Crippen LogP contribution in [-0.2, 0) is 36.0 Å². The van der Waals surface area contributed by atoms with E-state index in [1.165, 1.54) is 15.9 Å². The van der Waals surface area contributed by atoms with Crippen molar-refractivity contribution in [2.75, 3.05) is 6.54 Å². The second kappa shape index (κ2) is 5.73. The first-order valence-corrected chi connectivity index (χ1v) is 10.1. The van der Waals surface area contributed by atoms with Crippen LogP contribution in [0.1, 0.15) is 28.9 Å². The van der Waals surface area contributed by atoms with Crippen molar-refractivity contribution in [3.63, 3.8) is 0 Å². The molecule has 5 nitrogen and oxygen atoms in total. The third-order valence-corrected chi connectivity index (χ3v) is 7.53. The van der Waals surface area contributed by atoms with E-state index in [0.717, 1.165) is 30.7 Å². The van der Waals surface area contributed by atoms with E-state index >= 15 is 0 Å². The van der Waals surface area contributed by atoms with Gasteiger partial charge in [0, 0.05) is 11.6 Å². The van der Waals surface area contributed by atoms with Crippen molar-refractivity contribution in [1.29, 1.82) is 0 Å². The van der Waals surface area contributed by atoms with Gasteiger partial charge in [-0.15, -0.1) is 0 Å². The van der Waals surface area contributed by atoms with Gasteiger partial charge < -0.3 is 0 Å². The van der Waals surface area contributed by atoms with Gasteiger partial charge in [-0.3, -0.25) is 4.68 Å². The lowest BCUT2D eigenvalue weighted by atomic mass is 10.2. The summed E-state index contributed by atoms with van der Waals surface area (Å²) in [5.74, 6) is 0. The molecule has 1 aromatic carbocycles. The summed E-state index contributed by atoms with van der Waals surface area (Å²) in [5, 5.41) is 5.24. The van der Waals surface area contributed by atoms with E-state index in [1.54, 1.807) is 13.0 Å². The van der Waals surface area contributed by atoms with E-state index in [9.17, 15) is 8.42 Å². The lowest BCUT2D eigenvalue weighted by Gasteiger charge is -2.28. The summed E-state index contributed by atoms with van der Waals surface area (Å²) in [6.45, 7) is 3.10. The molecule has 2 aromatic rings. The fourth-order valence-corrected chi connectivity index (χ4v) is 5.70. The molecule has 1 aliphatic carbocycles. The van der Waals surface area contributed by atoms with Crippen molar-refractivity contribution in [1.82, 2.24) is 14.1 Å². The number of hydrogen-bond acceptors (Lipinski definition) is 3. The van der Waals surface area contributed by atoms with Crippen molar-refractivity contribution in [3.05, 3.63) is 44.7 Å². The fourth-order valence-electron chi connectivity index (χ4n) is 3.50. The number of benzene rings is 1. The Morgan fingerprint density at radius 3 is 2.71 bits per heavy atom. The molecule has 0 saturated carbocycles. The first-order chi connectivity index (χ1) is 11.4. The largest absolute Gasteiger partial charge is 0.266 e. The number of halogens is 2. The van der Waals surface area contributed by atoms with E-state index in [-0.39, 0.29) is 9.92 Å². The number of rotatable bonds is 2. The zero-order valence-corrected chi connectivity index (χ0v) is 15.5. The van der Waals surface area contributed by atoms with Crippen LogP contribution in [-0.4, -0.2) is 29.0 Å². The van der Waals surface area contributed by atoms with Gasteiger partial charge in [0.2, 0.25) is 10.0 Å². The molecule has 2 heterocycles. The zero-order valence-electron chi connectivity index (χ0n) is 13.2. The Balaban J connectivity index is 1.72. The number of hydrogen-bond donors (Lipinski definition) is 0. The Labute approximate surface area is 151 Å². The van der Waals surface area contributed by atoms with Crippen molar-refractivity contribution < 1.29 is 8.42 Å². The van der Waals surface area contributed by atoms with Gasteiger partial charge >= 0.3 is 0 Å². The number of sulfonamides is 1. The standard InChI is InChI=1S/C16H17Cl2N3O2S/c1-10-7-16(13(18)8-12(10)17)24(22,23)20-5-6-21-15(9-20)11-3-2-4-14(11)19-21/h7-8H,2-6,9H2,1H3. The van der Waals surface area contributed by atoms with Crippen LogP contribution in [0.15, 0.2) is 17.0 Å². The molecule has 0 atom stereocenters. The van der Waals surface area contributed by atoms with Crippen LogP contribution >= 0.6 is 23.2 Å². The van der Waals surface area contributed by atoms with Crippen LogP contribution in [0.3, 0.4) is 0 Å². The maximum absolute atomic E-state index is 13.1. The number of nitrogens with zero attached hydrogens (tertiary/aromatic N) is 3. The second-order valence-electron chi connectivity index (χ2n) is 6.32. The minimum Gasteiger partial charge on any atom is -0.266 e. The predicted molar refractivity (Wildman–Crippen MR) is 93.0 cm³/mol. The topological polar surface area (TPSA) is 55.2 Å². The first-order valence-electron chi connectivity index (χ1n) is 7.91. The minimum absolute atomic E-state index is 0.121. The Kier molecular flexibility index (Phi) is 3.91. The third kappa shape index (κ3) is 2.47. The molecule has 0 N–H and O–H groups in total. The molecule has 0 unspecified atom stereocenters. The molecule has 1 aliphatic heterocycles. The number of aryl methyl sites for hydroxylation is 2. The molecule has 0 spiro atoms. The predicted octanol–water partition coefficient (Wildman–Crippen LogP) is 3.19. The van der Waals surface area contributed by atoms with E-state index in [4.69, 9.17) is 23.2 Å². The Hall–Kier alpha value is -1.08. The summed E-state index contributed by atoms with van der Waals surface area (Å²) < 4.78 is 29.6. The number of fused-ring (bicyclic) bond motifs is 3. The third-order valence-electron chi connectivity index (χ3n) is 4.81. The number of aromatic nitrogens is 2. The highest BCUT2D eigenvalue weighted by Gasteiger charge is 2.34. The van der Waals surface area contributed by atoms with Crippen molar-refractivity contribution in [2.24, 2.45) is 0 Å².